The Labute approximate surface area is 159 Å². The average Bonchev–Trinajstić information content (AvgIpc) is 3.30. The lowest BCUT2D eigenvalue weighted by Crippen LogP contribution is -2.18. The summed E-state index contributed by atoms with van der Waals surface area (Å²) >= 11 is 2.97. The molecule has 0 aliphatic heterocycles. The van der Waals surface area contributed by atoms with Crippen LogP contribution in [0.1, 0.15) is 18.1 Å². The summed E-state index contributed by atoms with van der Waals surface area (Å²) in [6, 6.07) is 9.76. The molecule has 26 heavy (non-hydrogen) atoms. The van der Waals surface area contributed by atoms with Crippen molar-refractivity contribution in [2.75, 3.05) is 5.32 Å². The molecule has 2 aromatic heterocycles. The van der Waals surface area contributed by atoms with Crippen molar-refractivity contribution in [3.63, 3.8) is 0 Å². The molecule has 1 aromatic carbocycles. The van der Waals surface area contributed by atoms with Crippen molar-refractivity contribution in [2.45, 2.75) is 13.5 Å². The first-order valence-corrected chi connectivity index (χ1v) is 9.73. The van der Waals surface area contributed by atoms with Gasteiger partial charge in [-0.2, -0.15) is 11.3 Å². The summed E-state index contributed by atoms with van der Waals surface area (Å²) in [4.78, 5) is 27.4. The molecule has 0 aliphatic carbocycles. The minimum absolute atomic E-state index is 0.0537. The van der Waals surface area contributed by atoms with Gasteiger partial charge in [-0.3, -0.25) is 14.9 Å². The minimum atomic E-state index is -0.206. The Bertz CT molecular complexity index is 913. The monoisotopic (exact) mass is 383 g/mol. The highest BCUT2D eigenvalue weighted by molar-refractivity contribution is 7.14. The van der Waals surface area contributed by atoms with E-state index in [1.807, 2.05) is 46.5 Å². The van der Waals surface area contributed by atoms with Crippen molar-refractivity contribution in [1.29, 1.82) is 0 Å². The normalized spacial score (nSPS) is 10.8. The van der Waals surface area contributed by atoms with E-state index in [2.05, 4.69) is 15.6 Å². The van der Waals surface area contributed by atoms with E-state index in [0.29, 0.717) is 11.7 Å². The maximum absolute atomic E-state index is 12.0. The highest BCUT2D eigenvalue weighted by atomic mass is 32.1. The van der Waals surface area contributed by atoms with E-state index in [1.54, 1.807) is 17.4 Å². The van der Waals surface area contributed by atoms with Crippen LogP contribution < -0.4 is 10.6 Å². The van der Waals surface area contributed by atoms with E-state index in [4.69, 9.17) is 0 Å². The van der Waals surface area contributed by atoms with E-state index in [0.717, 1.165) is 22.4 Å². The van der Waals surface area contributed by atoms with Crippen LogP contribution in [0.4, 0.5) is 5.13 Å². The number of thiazole rings is 1. The number of nitrogens with zero attached hydrogens (tertiary/aromatic N) is 1. The molecule has 0 fully saturated rings. The topological polar surface area (TPSA) is 71.1 Å². The third-order valence-corrected chi connectivity index (χ3v) is 4.96. The van der Waals surface area contributed by atoms with Crippen LogP contribution in [0.5, 0.6) is 0 Å². The quantitative estimate of drug-likeness (QED) is 0.628. The summed E-state index contributed by atoms with van der Waals surface area (Å²) in [6.45, 7) is 2.00. The Morgan fingerprint density at radius 2 is 1.96 bits per heavy atom. The zero-order chi connectivity index (χ0) is 18.4. The first kappa shape index (κ1) is 18.0. The van der Waals surface area contributed by atoms with Gasteiger partial charge < -0.3 is 5.32 Å². The average molecular weight is 383 g/mol. The lowest BCUT2D eigenvalue weighted by atomic mass is 10.1. The number of nitrogens with one attached hydrogen (secondary N) is 2. The largest absolute Gasteiger partial charge is 0.352 e. The molecule has 0 unspecified atom stereocenters. The number of benzene rings is 1. The van der Waals surface area contributed by atoms with Crippen LogP contribution in [0.15, 0.2) is 52.5 Å². The van der Waals surface area contributed by atoms with Crippen LogP contribution >= 0.6 is 22.7 Å². The number of hydrogen-bond donors (Lipinski definition) is 2. The third kappa shape index (κ3) is 5.11. The fourth-order valence-electron chi connectivity index (χ4n) is 2.17. The highest BCUT2D eigenvalue weighted by Crippen LogP contribution is 2.25. The molecule has 0 saturated heterocycles. The lowest BCUT2D eigenvalue weighted by molar-refractivity contribution is -0.119. The zero-order valence-electron chi connectivity index (χ0n) is 14.1. The summed E-state index contributed by atoms with van der Waals surface area (Å²) in [6.07, 6.45) is 3.27. The Morgan fingerprint density at radius 3 is 2.65 bits per heavy atom. The maximum atomic E-state index is 12.0. The fraction of sp³-hybridized carbons (Fsp3) is 0.105. The van der Waals surface area contributed by atoms with Crippen molar-refractivity contribution in [1.82, 2.24) is 10.3 Å². The molecule has 2 heterocycles. The first-order valence-electron chi connectivity index (χ1n) is 7.91. The molecule has 0 bridgehead atoms. The first-order chi connectivity index (χ1) is 12.6. The van der Waals surface area contributed by atoms with Gasteiger partial charge in [0.25, 0.3) is 0 Å². The minimum Gasteiger partial charge on any atom is -0.352 e. The lowest BCUT2D eigenvalue weighted by Gasteiger charge is -2.03. The van der Waals surface area contributed by atoms with Crippen molar-refractivity contribution in [3.05, 3.63) is 63.7 Å². The second-order valence-electron chi connectivity index (χ2n) is 5.52. The Morgan fingerprint density at radius 1 is 1.15 bits per heavy atom. The maximum Gasteiger partial charge on any atom is 0.250 e. The van der Waals surface area contributed by atoms with Crippen molar-refractivity contribution in [2.24, 2.45) is 0 Å². The smallest absolute Gasteiger partial charge is 0.250 e. The van der Waals surface area contributed by atoms with Gasteiger partial charge in [0.05, 0.1) is 5.69 Å². The fourth-order valence-corrected chi connectivity index (χ4v) is 3.52. The molecule has 0 aliphatic rings. The SMILES string of the molecule is CC(=O)NCc1ccc(-c2csc(NC(=O)/C=C/c3ccsc3)n2)cc1. The van der Waals surface area contributed by atoms with Crippen molar-refractivity contribution >= 4 is 45.7 Å². The molecule has 2 N–H and O–H groups in total. The van der Waals surface area contributed by atoms with Gasteiger partial charge in [0.15, 0.2) is 5.13 Å². The van der Waals surface area contributed by atoms with Gasteiger partial charge in [0.1, 0.15) is 0 Å². The van der Waals surface area contributed by atoms with Gasteiger partial charge in [-0.25, -0.2) is 4.98 Å². The number of anilines is 1. The molecule has 0 spiro atoms. The number of carbonyl (C=O) groups excluding carboxylic acids is 2. The molecule has 3 rings (SSSR count). The molecule has 2 amide bonds. The van der Waals surface area contributed by atoms with Crippen LogP contribution in [-0.4, -0.2) is 16.8 Å². The number of rotatable bonds is 6. The van der Waals surface area contributed by atoms with Gasteiger partial charge >= 0.3 is 0 Å². The Kier molecular flexibility index (Phi) is 5.93. The van der Waals surface area contributed by atoms with Crippen LogP contribution in [0.25, 0.3) is 17.3 Å². The highest BCUT2D eigenvalue weighted by Gasteiger charge is 2.07. The van der Waals surface area contributed by atoms with Gasteiger partial charge in [-0.05, 0) is 34.0 Å². The summed E-state index contributed by atoms with van der Waals surface area (Å²) in [5.41, 5.74) is 3.79. The molecular formula is C19H17N3O2S2. The number of hydrogen-bond acceptors (Lipinski definition) is 5. The van der Waals surface area contributed by atoms with E-state index >= 15 is 0 Å². The predicted molar refractivity (Wildman–Crippen MR) is 107 cm³/mol. The second kappa shape index (κ2) is 8.55. The number of aromatic nitrogens is 1. The van der Waals surface area contributed by atoms with Crippen LogP contribution in [0.3, 0.4) is 0 Å². The van der Waals surface area contributed by atoms with Crippen LogP contribution in [0, 0.1) is 0 Å². The van der Waals surface area contributed by atoms with E-state index < -0.39 is 0 Å². The van der Waals surface area contributed by atoms with E-state index in [-0.39, 0.29) is 11.8 Å². The van der Waals surface area contributed by atoms with Crippen molar-refractivity contribution < 1.29 is 9.59 Å². The predicted octanol–water partition coefficient (Wildman–Crippen LogP) is 4.16. The van der Waals surface area contributed by atoms with Gasteiger partial charge in [0.2, 0.25) is 11.8 Å². The summed E-state index contributed by atoms with van der Waals surface area (Å²) in [7, 11) is 0. The Hall–Kier alpha value is -2.77. The molecular weight excluding hydrogens is 366 g/mol. The summed E-state index contributed by atoms with van der Waals surface area (Å²) in [5, 5.41) is 11.9. The van der Waals surface area contributed by atoms with Crippen LogP contribution in [-0.2, 0) is 16.1 Å². The second-order valence-corrected chi connectivity index (χ2v) is 7.16. The zero-order valence-corrected chi connectivity index (χ0v) is 15.7. The van der Waals surface area contributed by atoms with E-state index in [9.17, 15) is 9.59 Å². The molecule has 0 atom stereocenters. The number of amides is 2. The molecule has 3 aromatic rings. The molecule has 5 nitrogen and oxygen atoms in total. The van der Waals surface area contributed by atoms with Gasteiger partial charge in [-0.15, -0.1) is 11.3 Å². The molecule has 0 saturated carbocycles. The number of carbonyl (C=O) groups is 2. The molecule has 0 radical (unpaired) electrons. The number of thiophene rings is 1. The Balaban J connectivity index is 1.60. The summed E-state index contributed by atoms with van der Waals surface area (Å²) in [5.74, 6) is -0.259. The third-order valence-electron chi connectivity index (χ3n) is 3.50. The van der Waals surface area contributed by atoms with Gasteiger partial charge in [0, 0.05) is 30.5 Å². The molecule has 132 valence electrons. The molecule has 7 heteroatoms. The van der Waals surface area contributed by atoms with Crippen molar-refractivity contribution in [3.8, 4) is 11.3 Å². The standard InChI is InChI=1S/C19H17N3O2S2/c1-13(23)20-10-14-2-5-16(6-3-14)17-12-26-19(21-17)22-18(24)7-4-15-8-9-25-11-15/h2-9,11-12H,10H2,1H3,(H,20,23)(H,21,22,24)/b7-4+. The van der Waals surface area contributed by atoms with Crippen LogP contribution in [0.2, 0.25) is 0 Å². The van der Waals surface area contributed by atoms with E-state index in [1.165, 1.54) is 24.3 Å². The summed E-state index contributed by atoms with van der Waals surface area (Å²) < 4.78 is 0. The van der Waals surface area contributed by atoms with Gasteiger partial charge in [-0.1, -0.05) is 24.3 Å².